The smallest absolute Gasteiger partial charge is 0.308 e. The van der Waals surface area contributed by atoms with Crippen molar-refractivity contribution < 1.29 is 9.53 Å². The third-order valence-electron chi connectivity index (χ3n) is 4.54. The number of benzene rings is 2. The predicted octanol–water partition coefficient (Wildman–Crippen LogP) is 4.85. The number of nitrogens with one attached hydrogen (secondary N) is 1. The zero-order valence-electron chi connectivity index (χ0n) is 15.8. The van der Waals surface area contributed by atoms with E-state index in [1.54, 1.807) is 6.07 Å². The highest BCUT2D eigenvalue weighted by Gasteiger charge is 2.19. The molecule has 2 aromatic carbocycles. The van der Waals surface area contributed by atoms with E-state index in [0.29, 0.717) is 12.3 Å². The molecule has 28 heavy (non-hydrogen) atoms. The summed E-state index contributed by atoms with van der Waals surface area (Å²) in [5.41, 5.74) is 4.63. The summed E-state index contributed by atoms with van der Waals surface area (Å²) < 4.78 is 7.47. The van der Waals surface area contributed by atoms with E-state index in [1.165, 1.54) is 12.5 Å². The number of anilines is 1. The molecule has 0 amide bonds. The minimum absolute atomic E-state index is 0.355. The van der Waals surface area contributed by atoms with Crippen molar-refractivity contribution in [2.45, 2.75) is 20.4 Å². The Balaban J connectivity index is 1.84. The van der Waals surface area contributed by atoms with Crippen LogP contribution in [0, 0.1) is 6.92 Å². The number of aryl methyl sites for hydroxylation is 1. The Hall–Kier alpha value is -3.60. The van der Waals surface area contributed by atoms with E-state index in [-0.39, 0.29) is 5.97 Å². The molecular formula is C23H21N3O2. The quantitative estimate of drug-likeness (QED) is 0.403. The maximum Gasteiger partial charge on any atom is 0.308 e. The van der Waals surface area contributed by atoms with Gasteiger partial charge in [0.2, 0.25) is 0 Å². The van der Waals surface area contributed by atoms with E-state index in [4.69, 9.17) is 9.72 Å². The third kappa shape index (κ3) is 3.47. The summed E-state index contributed by atoms with van der Waals surface area (Å²) in [4.78, 5) is 16.4. The van der Waals surface area contributed by atoms with Crippen LogP contribution in [0.5, 0.6) is 5.75 Å². The number of nitrogens with zero attached hydrogens (tertiary/aromatic N) is 2. The summed E-state index contributed by atoms with van der Waals surface area (Å²) in [5, 5.41) is 3.52. The number of para-hydroxylation sites is 1. The SMILES string of the molecule is CC(=O)Oc1ccccc1-c1nc2c(C)cccn2c1NCc1ccccc1. The van der Waals surface area contributed by atoms with Crippen molar-refractivity contribution in [2.24, 2.45) is 0 Å². The van der Waals surface area contributed by atoms with Gasteiger partial charge in [-0.05, 0) is 36.2 Å². The number of carbonyl (C=O) groups excluding carboxylic acids is 1. The van der Waals surface area contributed by atoms with Crippen LogP contribution in [0.2, 0.25) is 0 Å². The Labute approximate surface area is 163 Å². The van der Waals surface area contributed by atoms with Crippen LogP contribution >= 0.6 is 0 Å². The molecule has 0 radical (unpaired) electrons. The van der Waals surface area contributed by atoms with Crippen molar-refractivity contribution in [3.05, 3.63) is 84.1 Å². The van der Waals surface area contributed by atoms with Gasteiger partial charge in [-0.15, -0.1) is 0 Å². The highest BCUT2D eigenvalue weighted by Crippen LogP contribution is 2.36. The second kappa shape index (κ2) is 7.56. The Bertz CT molecular complexity index is 1130. The lowest BCUT2D eigenvalue weighted by Gasteiger charge is -2.11. The lowest BCUT2D eigenvalue weighted by molar-refractivity contribution is -0.131. The summed E-state index contributed by atoms with van der Waals surface area (Å²) in [6.07, 6.45) is 1.99. The monoisotopic (exact) mass is 371 g/mol. The van der Waals surface area contributed by atoms with Crippen LogP contribution in [-0.2, 0) is 11.3 Å². The summed E-state index contributed by atoms with van der Waals surface area (Å²) >= 11 is 0. The molecule has 4 rings (SSSR count). The zero-order chi connectivity index (χ0) is 19.5. The average Bonchev–Trinajstić information content (AvgIpc) is 3.07. The van der Waals surface area contributed by atoms with E-state index in [2.05, 4.69) is 17.4 Å². The van der Waals surface area contributed by atoms with Crippen molar-refractivity contribution in [1.82, 2.24) is 9.38 Å². The van der Waals surface area contributed by atoms with E-state index in [0.717, 1.165) is 28.3 Å². The minimum Gasteiger partial charge on any atom is -0.426 e. The van der Waals surface area contributed by atoms with Crippen LogP contribution in [0.25, 0.3) is 16.9 Å². The first-order chi connectivity index (χ1) is 13.6. The molecule has 2 aromatic heterocycles. The standard InChI is InChI=1S/C23H21N3O2/c1-16-9-8-14-26-22(16)25-21(19-12-6-7-13-20(19)28-17(2)27)23(26)24-15-18-10-4-3-5-11-18/h3-14,24H,15H2,1-2H3. The number of carbonyl (C=O) groups is 1. The molecule has 0 atom stereocenters. The summed E-state index contributed by atoms with van der Waals surface area (Å²) in [6.45, 7) is 4.09. The number of imidazole rings is 1. The van der Waals surface area contributed by atoms with Gasteiger partial charge in [0.1, 0.15) is 22.9 Å². The van der Waals surface area contributed by atoms with Crippen LogP contribution in [0.3, 0.4) is 0 Å². The number of hydrogen-bond acceptors (Lipinski definition) is 4. The van der Waals surface area contributed by atoms with Crippen LogP contribution in [0.4, 0.5) is 5.82 Å². The Morgan fingerprint density at radius 3 is 2.57 bits per heavy atom. The molecule has 0 spiro atoms. The first-order valence-corrected chi connectivity index (χ1v) is 9.17. The number of hydrogen-bond donors (Lipinski definition) is 1. The highest BCUT2D eigenvalue weighted by atomic mass is 16.5. The van der Waals surface area contributed by atoms with Crippen LogP contribution in [0.15, 0.2) is 72.9 Å². The average molecular weight is 371 g/mol. The van der Waals surface area contributed by atoms with Gasteiger partial charge in [0.15, 0.2) is 0 Å². The Kier molecular flexibility index (Phi) is 4.81. The molecule has 0 saturated carbocycles. The van der Waals surface area contributed by atoms with Crippen molar-refractivity contribution in [1.29, 1.82) is 0 Å². The third-order valence-corrected chi connectivity index (χ3v) is 4.54. The van der Waals surface area contributed by atoms with E-state index in [1.807, 2.05) is 66.1 Å². The molecule has 140 valence electrons. The molecule has 5 nitrogen and oxygen atoms in total. The minimum atomic E-state index is -0.355. The number of fused-ring (bicyclic) bond motifs is 1. The van der Waals surface area contributed by atoms with Crippen molar-refractivity contribution in [3.63, 3.8) is 0 Å². The molecule has 1 N–H and O–H groups in total. The molecule has 0 saturated heterocycles. The Morgan fingerprint density at radius 1 is 1.04 bits per heavy atom. The van der Waals surface area contributed by atoms with E-state index < -0.39 is 0 Å². The first kappa shape index (κ1) is 17.8. The largest absolute Gasteiger partial charge is 0.426 e. The van der Waals surface area contributed by atoms with Gasteiger partial charge in [0.25, 0.3) is 0 Å². The number of rotatable bonds is 5. The van der Waals surface area contributed by atoms with Crippen LogP contribution in [-0.4, -0.2) is 15.4 Å². The van der Waals surface area contributed by atoms with E-state index in [9.17, 15) is 4.79 Å². The van der Waals surface area contributed by atoms with Gasteiger partial charge in [-0.2, -0.15) is 0 Å². The zero-order valence-corrected chi connectivity index (χ0v) is 15.8. The fraction of sp³-hybridized carbons (Fsp3) is 0.130. The van der Waals surface area contributed by atoms with Gasteiger partial charge in [0, 0.05) is 25.2 Å². The van der Waals surface area contributed by atoms with Crippen LogP contribution < -0.4 is 10.1 Å². The van der Waals surface area contributed by atoms with Gasteiger partial charge in [-0.25, -0.2) is 4.98 Å². The van der Waals surface area contributed by atoms with Crippen molar-refractivity contribution in [3.8, 4) is 17.0 Å². The molecule has 0 bridgehead atoms. The first-order valence-electron chi connectivity index (χ1n) is 9.17. The summed E-state index contributed by atoms with van der Waals surface area (Å²) in [7, 11) is 0. The predicted molar refractivity (Wildman–Crippen MR) is 110 cm³/mol. The number of aromatic nitrogens is 2. The maximum absolute atomic E-state index is 11.6. The number of ether oxygens (including phenoxy) is 1. The molecule has 0 aliphatic carbocycles. The van der Waals surface area contributed by atoms with Crippen molar-refractivity contribution in [2.75, 3.05) is 5.32 Å². The van der Waals surface area contributed by atoms with Gasteiger partial charge in [-0.1, -0.05) is 48.5 Å². The second-order valence-electron chi connectivity index (χ2n) is 6.62. The van der Waals surface area contributed by atoms with Crippen molar-refractivity contribution >= 4 is 17.4 Å². The topological polar surface area (TPSA) is 55.6 Å². The highest BCUT2D eigenvalue weighted by molar-refractivity contribution is 5.83. The summed E-state index contributed by atoms with van der Waals surface area (Å²) in [6, 6.07) is 21.7. The molecule has 4 aromatic rings. The fourth-order valence-corrected chi connectivity index (χ4v) is 3.25. The fourth-order valence-electron chi connectivity index (χ4n) is 3.25. The summed E-state index contributed by atoms with van der Waals surface area (Å²) in [5.74, 6) is 1.01. The van der Waals surface area contributed by atoms with Gasteiger partial charge < -0.3 is 10.1 Å². The molecule has 0 aliphatic rings. The molecule has 2 heterocycles. The van der Waals surface area contributed by atoms with Crippen LogP contribution in [0.1, 0.15) is 18.1 Å². The van der Waals surface area contributed by atoms with Gasteiger partial charge >= 0.3 is 5.97 Å². The molecule has 0 unspecified atom stereocenters. The van der Waals surface area contributed by atoms with E-state index >= 15 is 0 Å². The Morgan fingerprint density at radius 2 is 1.79 bits per heavy atom. The second-order valence-corrected chi connectivity index (χ2v) is 6.62. The lowest BCUT2D eigenvalue weighted by atomic mass is 10.1. The molecule has 0 fully saturated rings. The molecular weight excluding hydrogens is 350 g/mol. The normalized spacial score (nSPS) is 10.8. The molecule has 5 heteroatoms. The maximum atomic E-state index is 11.6. The van der Waals surface area contributed by atoms with Gasteiger partial charge in [0.05, 0.1) is 0 Å². The number of esters is 1. The number of pyridine rings is 1. The van der Waals surface area contributed by atoms with Gasteiger partial charge in [-0.3, -0.25) is 9.20 Å². The lowest BCUT2D eigenvalue weighted by Crippen LogP contribution is -2.05. The molecule has 0 aliphatic heterocycles.